The summed E-state index contributed by atoms with van der Waals surface area (Å²) in [7, 11) is 1.32. The van der Waals surface area contributed by atoms with E-state index in [4.69, 9.17) is 9.26 Å². The van der Waals surface area contributed by atoms with Gasteiger partial charge in [-0.1, -0.05) is 12.1 Å². The number of hydrogen-bond acceptors (Lipinski definition) is 6. The second kappa shape index (κ2) is 6.09. The van der Waals surface area contributed by atoms with E-state index in [2.05, 4.69) is 10.5 Å². The zero-order chi connectivity index (χ0) is 15.6. The third-order valence-electron chi connectivity index (χ3n) is 3.04. The van der Waals surface area contributed by atoms with Crippen LogP contribution in [0.4, 0.5) is 5.00 Å². The summed E-state index contributed by atoms with van der Waals surface area (Å²) in [5.74, 6) is -0.325. The standard InChI is InChI=1S/C14H16N2O4S/c1-5-9-8(3)21-13(11(9)14(18)19-4)15-12(17)10-6-7(2)20-16-10/h6H,5H2,1-4H3,(H,15,17). The minimum atomic E-state index is -0.456. The Kier molecular flexibility index (Phi) is 4.42. The number of nitrogens with one attached hydrogen (secondary N) is 1. The molecular weight excluding hydrogens is 292 g/mol. The Morgan fingerprint density at radius 1 is 1.43 bits per heavy atom. The summed E-state index contributed by atoms with van der Waals surface area (Å²) in [6.07, 6.45) is 0.686. The highest BCUT2D eigenvalue weighted by Gasteiger charge is 2.24. The summed E-state index contributed by atoms with van der Waals surface area (Å²) in [5, 5.41) is 6.84. The lowest BCUT2D eigenvalue weighted by Gasteiger charge is -2.05. The summed E-state index contributed by atoms with van der Waals surface area (Å²) in [4.78, 5) is 25.0. The Morgan fingerprint density at radius 2 is 2.14 bits per heavy atom. The fourth-order valence-corrected chi connectivity index (χ4v) is 3.18. The molecule has 0 saturated carbocycles. The van der Waals surface area contributed by atoms with Crippen LogP contribution in [-0.4, -0.2) is 24.1 Å². The van der Waals surface area contributed by atoms with Crippen molar-refractivity contribution in [2.45, 2.75) is 27.2 Å². The molecule has 7 heteroatoms. The largest absolute Gasteiger partial charge is 0.465 e. The Morgan fingerprint density at radius 3 is 2.67 bits per heavy atom. The van der Waals surface area contributed by atoms with Gasteiger partial charge in [0, 0.05) is 10.9 Å². The van der Waals surface area contributed by atoms with Gasteiger partial charge in [-0.05, 0) is 25.8 Å². The van der Waals surface area contributed by atoms with Gasteiger partial charge in [-0.3, -0.25) is 4.79 Å². The van der Waals surface area contributed by atoms with Gasteiger partial charge in [0.15, 0.2) is 5.69 Å². The molecule has 1 amide bonds. The van der Waals surface area contributed by atoms with Crippen LogP contribution < -0.4 is 5.32 Å². The zero-order valence-corrected chi connectivity index (χ0v) is 13.1. The Balaban J connectivity index is 2.35. The van der Waals surface area contributed by atoms with Crippen LogP contribution in [0.15, 0.2) is 10.6 Å². The number of carbonyl (C=O) groups is 2. The van der Waals surface area contributed by atoms with E-state index in [9.17, 15) is 9.59 Å². The summed E-state index contributed by atoms with van der Waals surface area (Å²) in [6.45, 7) is 5.56. The molecule has 6 nitrogen and oxygen atoms in total. The van der Waals surface area contributed by atoms with Crippen LogP contribution in [0, 0.1) is 13.8 Å². The second-order valence-corrected chi connectivity index (χ2v) is 5.69. The van der Waals surface area contributed by atoms with Gasteiger partial charge < -0.3 is 14.6 Å². The van der Waals surface area contributed by atoms with Crippen LogP contribution >= 0.6 is 11.3 Å². The fourth-order valence-electron chi connectivity index (χ4n) is 2.05. The minimum Gasteiger partial charge on any atom is -0.465 e. The van der Waals surface area contributed by atoms with Crippen LogP contribution in [0.3, 0.4) is 0 Å². The molecule has 0 radical (unpaired) electrons. The molecule has 0 aliphatic carbocycles. The average Bonchev–Trinajstić information content (AvgIpc) is 3.01. The van der Waals surface area contributed by atoms with Crippen molar-refractivity contribution in [1.29, 1.82) is 0 Å². The van der Waals surface area contributed by atoms with Crippen LogP contribution in [-0.2, 0) is 11.2 Å². The average molecular weight is 308 g/mol. The van der Waals surface area contributed by atoms with Crippen molar-refractivity contribution in [3.05, 3.63) is 33.5 Å². The topological polar surface area (TPSA) is 81.4 Å². The number of hydrogen-bond donors (Lipinski definition) is 1. The maximum atomic E-state index is 12.1. The molecule has 0 unspecified atom stereocenters. The minimum absolute atomic E-state index is 0.174. The highest BCUT2D eigenvalue weighted by Crippen LogP contribution is 2.34. The molecule has 0 saturated heterocycles. The van der Waals surface area contributed by atoms with Crippen molar-refractivity contribution in [3.8, 4) is 0 Å². The van der Waals surface area contributed by atoms with Crippen LogP contribution in [0.25, 0.3) is 0 Å². The number of ether oxygens (including phenoxy) is 1. The number of aryl methyl sites for hydroxylation is 2. The predicted octanol–water partition coefficient (Wildman–Crippen LogP) is 2.95. The normalized spacial score (nSPS) is 10.5. The molecule has 0 aliphatic heterocycles. The summed E-state index contributed by atoms with van der Waals surface area (Å²) in [5.41, 5.74) is 1.47. The molecule has 0 atom stereocenters. The number of carbonyl (C=O) groups excluding carboxylic acids is 2. The maximum absolute atomic E-state index is 12.1. The Labute approximate surface area is 126 Å². The van der Waals surface area contributed by atoms with Crippen molar-refractivity contribution in [2.24, 2.45) is 0 Å². The number of thiophene rings is 1. The Hall–Kier alpha value is -2.15. The maximum Gasteiger partial charge on any atom is 0.341 e. The molecule has 0 fully saturated rings. The first-order valence-corrected chi connectivity index (χ1v) is 7.24. The molecule has 0 aromatic carbocycles. The Bertz CT molecular complexity index is 687. The quantitative estimate of drug-likeness (QED) is 0.878. The molecule has 2 rings (SSSR count). The third-order valence-corrected chi connectivity index (χ3v) is 4.10. The number of rotatable bonds is 4. The van der Waals surface area contributed by atoms with Crippen molar-refractivity contribution in [3.63, 3.8) is 0 Å². The van der Waals surface area contributed by atoms with Gasteiger partial charge in [-0.2, -0.15) is 0 Å². The van der Waals surface area contributed by atoms with Crippen LogP contribution in [0.1, 0.15) is 44.0 Å². The molecule has 2 aromatic heterocycles. The van der Waals surface area contributed by atoms with E-state index >= 15 is 0 Å². The number of methoxy groups -OCH3 is 1. The molecule has 0 spiro atoms. The number of aromatic nitrogens is 1. The van der Waals surface area contributed by atoms with Crippen molar-refractivity contribution in [2.75, 3.05) is 12.4 Å². The van der Waals surface area contributed by atoms with Crippen molar-refractivity contribution < 1.29 is 18.8 Å². The van der Waals surface area contributed by atoms with E-state index in [-0.39, 0.29) is 5.69 Å². The summed E-state index contributed by atoms with van der Waals surface area (Å²) < 4.78 is 9.68. The molecule has 2 aromatic rings. The smallest absolute Gasteiger partial charge is 0.341 e. The van der Waals surface area contributed by atoms with E-state index in [1.165, 1.54) is 24.5 Å². The van der Waals surface area contributed by atoms with Gasteiger partial charge in [-0.25, -0.2) is 4.79 Å². The van der Waals surface area contributed by atoms with Gasteiger partial charge in [-0.15, -0.1) is 11.3 Å². The molecule has 21 heavy (non-hydrogen) atoms. The second-order valence-electron chi connectivity index (χ2n) is 4.46. The highest BCUT2D eigenvalue weighted by molar-refractivity contribution is 7.16. The first kappa shape index (κ1) is 15.2. The lowest BCUT2D eigenvalue weighted by atomic mass is 10.1. The summed E-state index contributed by atoms with van der Waals surface area (Å²) in [6, 6.07) is 1.54. The van der Waals surface area contributed by atoms with Gasteiger partial charge >= 0.3 is 5.97 Å². The first-order chi connectivity index (χ1) is 9.97. The van der Waals surface area contributed by atoms with E-state index in [0.29, 0.717) is 22.7 Å². The van der Waals surface area contributed by atoms with Gasteiger partial charge in [0.05, 0.1) is 12.7 Å². The van der Waals surface area contributed by atoms with E-state index in [1.54, 1.807) is 6.92 Å². The van der Waals surface area contributed by atoms with Crippen LogP contribution in [0.5, 0.6) is 0 Å². The van der Waals surface area contributed by atoms with E-state index in [1.807, 2.05) is 13.8 Å². The number of esters is 1. The lowest BCUT2D eigenvalue weighted by molar-refractivity contribution is 0.0601. The molecule has 112 valence electrons. The van der Waals surface area contributed by atoms with E-state index < -0.39 is 11.9 Å². The molecule has 1 N–H and O–H groups in total. The third kappa shape index (κ3) is 2.97. The zero-order valence-electron chi connectivity index (χ0n) is 12.3. The van der Waals surface area contributed by atoms with Crippen LogP contribution in [0.2, 0.25) is 0 Å². The molecular formula is C14H16N2O4S. The number of nitrogens with zero attached hydrogens (tertiary/aromatic N) is 1. The van der Waals surface area contributed by atoms with Gasteiger partial charge in [0.1, 0.15) is 10.8 Å². The molecule has 2 heterocycles. The number of anilines is 1. The molecule has 0 aliphatic rings. The van der Waals surface area contributed by atoms with Gasteiger partial charge in [0.2, 0.25) is 0 Å². The SMILES string of the molecule is CCc1c(C)sc(NC(=O)c2cc(C)on2)c1C(=O)OC. The monoisotopic (exact) mass is 308 g/mol. The number of amides is 1. The molecule has 0 bridgehead atoms. The van der Waals surface area contributed by atoms with Gasteiger partial charge in [0.25, 0.3) is 5.91 Å². The van der Waals surface area contributed by atoms with Crippen molar-refractivity contribution >= 4 is 28.2 Å². The lowest BCUT2D eigenvalue weighted by Crippen LogP contribution is -2.14. The summed E-state index contributed by atoms with van der Waals surface area (Å²) >= 11 is 1.35. The van der Waals surface area contributed by atoms with Crippen molar-refractivity contribution in [1.82, 2.24) is 5.16 Å². The highest BCUT2D eigenvalue weighted by atomic mass is 32.1. The fraction of sp³-hybridized carbons (Fsp3) is 0.357. The first-order valence-electron chi connectivity index (χ1n) is 6.43. The van der Waals surface area contributed by atoms with E-state index in [0.717, 1.165) is 10.4 Å². The predicted molar refractivity (Wildman–Crippen MR) is 79.0 cm³/mol.